The Balaban J connectivity index is 0.000000262. The van der Waals surface area contributed by atoms with Crippen molar-refractivity contribution in [3.63, 3.8) is 0 Å². The molecule has 0 saturated carbocycles. The molecule has 0 amide bonds. The van der Waals surface area contributed by atoms with Gasteiger partial charge in [0.1, 0.15) is 0 Å². The van der Waals surface area contributed by atoms with E-state index in [1.165, 1.54) is 63.3 Å². The fourth-order valence-corrected chi connectivity index (χ4v) is 9.44. The minimum atomic E-state index is 0. The van der Waals surface area contributed by atoms with Crippen LogP contribution in [0.5, 0.6) is 0 Å². The van der Waals surface area contributed by atoms with Gasteiger partial charge in [0.15, 0.2) is 0 Å². The zero-order valence-electron chi connectivity index (χ0n) is 30.5. The van der Waals surface area contributed by atoms with Crippen LogP contribution in [0.4, 0.5) is 0 Å². The summed E-state index contributed by atoms with van der Waals surface area (Å²) in [6.07, 6.45) is 1.79. The molecule has 0 bridgehead atoms. The van der Waals surface area contributed by atoms with Gasteiger partial charge in [-0.3, -0.25) is 4.98 Å². The third kappa shape index (κ3) is 5.91. The summed E-state index contributed by atoms with van der Waals surface area (Å²) < 4.78 is 4.89. The van der Waals surface area contributed by atoms with Crippen LogP contribution >= 0.6 is 11.3 Å². The largest absolute Gasteiger partial charge is 0.332 e. The molecule has 0 spiro atoms. The molecule has 57 heavy (non-hydrogen) atoms. The fourth-order valence-electron chi connectivity index (χ4n) is 8.22. The van der Waals surface area contributed by atoms with Crippen LogP contribution in [0.1, 0.15) is 0 Å². The Bertz CT molecular complexity index is 3440. The summed E-state index contributed by atoms with van der Waals surface area (Å²) in [7, 11) is 0. The zero-order valence-corrected chi connectivity index (χ0v) is 33.7. The van der Waals surface area contributed by atoms with Crippen LogP contribution in [0.2, 0.25) is 0 Å². The van der Waals surface area contributed by atoms with E-state index in [1.807, 2.05) is 53.8 Å². The first-order valence-electron chi connectivity index (χ1n) is 18.7. The third-order valence-corrected chi connectivity index (χ3v) is 11.9. The molecule has 0 saturated heterocycles. The molecule has 12 rings (SSSR count). The van der Waals surface area contributed by atoms with E-state index in [1.54, 1.807) is 6.20 Å². The van der Waals surface area contributed by atoms with Crippen LogP contribution in [0.3, 0.4) is 0 Å². The van der Waals surface area contributed by atoms with Crippen LogP contribution < -0.4 is 0 Å². The minimum Gasteiger partial charge on any atom is -0.332 e. The van der Waals surface area contributed by atoms with Gasteiger partial charge in [-0.25, -0.2) is 0 Å². The summed E-state index contributed by atoms with van der Waals surface area (Å²) in [6, 6.07) is 70.9. The molecule has 0 unspecified atom stereocenters. The van der Waals surface area contributed by atoms with Crippen LogP contribution in [0, 0.1) is 12.1 Å². The zero-order chi connectivity index (χ0) is 37.0. The van der Waals surface area contributed by atoms with Crippen molar-refractivity contribution >= 4 is 91.1 Å². The van der Waals surface area contributed by atoms with E-state index in [9.17, 15) is 0 Å². The molecule has 0 aliphatic heterocycles. The third-order valence-electron chi connectivity index (χ3n) is 10.7. The van der Waals surface area contributed by atoms with Crippen molar-refractivity contribution in [3.8, 4) is 22.6 Å². The average molecular weight is 922 g/mol. The quantitative estimate of drug-likeness (QED) is 0.162. The molecular weight excluding hydrogens is 891 g/mol. The Labute approximate surface area is 346 Å². The second-order valence-electron chi connectivity index (χ2n) is 13.9. The normalized spacial score (nSPS) is 11.4. The van der Waals surface area contributed by atoms with Gasteiger partial charge in [0.05, 0.1) is 16.9 Å². The maximum absolute atomic E-state index is 5.41. The minimum absolute atomic E-state index is 0. The SMILES string of the molecule is [Ir].[c-]1ccc2c(sc3cc4ccccc4cc32)c1-c1nc2cccc3c4ccccc4c4ccccc4c4ccccc4n1c23.[c-]1ccccc1-c1ccccn1. The molecule has 0 aliphatic carbocycles. The maximum atomic E-state index is 5.41. The predicted octanol–water partition coefficient (Wildman–Crippen LogP) is 14.0. The number of thiophene rings is 1. The van der Waals surface area contributed by atoms with Crippen molar-refractivity contribution in [3.05, 3.63) is 200 Å². The summed E-state index contributed by atoms with van der Waals surface area (Å²) in [4.78, 5) is 9.63. The number of hydrogen-bond acceptors (Lipinski definition) is 3. The number of imidazole rings is 1. The second kappa shape index (κ2) is 14.5. The van der Waals surface area contributed by atoms with Crippen molar-refractivity contribution in [2.75, 3.05) is 0 Å². The number of nitrogens with zero attached hydrogens (tertiary/aromatic N) is 3. The monoisotopic (exact) mass is 922 g/mol. The van der Waals surface area contributed by atoms with E-state index in [-0.39, 0.29) is 20.1 Å². The number of pyridine rings is 1. The first-order chi connectivity index (χ1) is 27.8. The number of fused-ring (bicyclic) bond motifs is 11. The molecule has 12 aromatic rings. The number of benzene rings is 8. The molecule has 0 fully saturated rings. The summed E-state index contributed by atoms with van der Waals surface area (Å²) in [5, 5.41) is 12.3. The summed E-state index contributed by atoms with van der Waals surface area (Å²) in [5.41, 5.74) is 6.26. The summed E-state index contributed by atoms with van der Waals surface area (Å²) in [5.74, 6) is 0.915. The van der Waals surface area contributed by atoms with Gasteiger partial charge in [-0.2, -0.15) is 11.3 Å². The molecule has 4 aromatic heterocycles. The Morgan fingerprint density at radius 3 is 1.88 bits per heavy atom. The van der Waals surface area contributed by atoms with Gasteiger partial charge >= 0.3 is 0 Å². The van der Waals surface area contributed by atoms with Crippen molar-refractivity contribution in [1.82, 2.24) is 14.4 Å². The molecule has 8 aromatic carbocycles. The predicted molar refractivity (Wildman–Crippen MR) is 237 cm³/mol. The van der Waals surface area contributed by atoms with Gasteiger partial charge in [-0.1, -0.05) is 126 Å². The molecule has 0 aliphatic rings. The van der Waals surface area contributed by atoms with Gasteiger partial charge in [0.2, 0.25) is 0 Å². The second-order valence-corrected chi connectivity index (χ2v) is 15.0. The van der Waals surface area contributed by atoms with E-state index >= 15 is 0 Å². The van der Waals surface area contributed by atoms with Crippen molar-refractivity contribution < 1.29 is 20.1 Å². The van der Waals surface area contributed by atoms with E-state index < -0.39 is 0 Å². The number of para-hydroxylation sites is 2. The van der Waals surface area contributed by atoms with Crippen molar-refractivity contribution in [2.45, 2.75) is 0 Å². The average Bonchev–Trinajstić information content (AvgIpc) is 3.85. The molecule has 3 nitrogen and oxygen atoms in total. The van der Waals surface area contributed by atoms with Gasteiger partial charge in [-0.15, -0.1) is 54.1 Å². The first kappa shape index (κ1) is 35.0. The topological polar surface area (TPSA) is 30.2 Å². The van der Waals surface area contributed by atoms with Gasteiger partial charge in [0.25, 0.3) is 0 Å². The molecule has 0 atom stereocenters. The van der Waals surface area contributed by atoms with Crippen LogP contribution in [-0.2, 0) is 20.1 Å². The van der Waals surface area contributed by atoms with Crippen molar-refractivity contribution in [2.24, 2.45) is 0 Å². The van der Waals surface area contributed by atoms with Crippen LogP contribution in [-0.4, -0.2) is 14.4 Å². The van der Waals surface area contributed by atoms with Crippen molar-refractivity contribution in [1.29, 1.82) is 0 Å². The maximum Gasteiger partial charge on any atom is 0.0780 e. The Morgan fingerprint density at radius 1 is 0.491 bits per heavy atom. The Morgan fingerprint density at radius 2 is 1.14 bits per heavy atom. The number of hydrogen-bond donors (Lipinski definition) is 0. The van der Waals surface area contributed by atoms with Gasteiger partial charge < -0.3 is 9.38 Å². The first-order valence-corrected chi connectivity index (χ1v) is 19.6. The summed E-state index contributed by atoms with van der Waals surface area (Å²) in [6.45, 7) is 0. The smallest absolute Gasteiger partial charge is 0.0780 e. The molecule has 4 heterocycles. The molecule has 5 heteroatoms. The molecule has 271 valence electrons. The standard InChI is InChI=1S/C41H23N2S.C11H8N.Ir/c1-2-12-26-24-38-35(23-25(26)11-1)33-19-9-20-34(40(33)44-38)41-42-36-21-10-18-32-30-16-6-4-14-28(30)27-13-3-5-15-29(27)31-17-7-8-22-37(31)43(41)39(32)36;1-2-6-10(7-3-1)11-8-4-5-9-12-11;/h1-19,21-24H;1-6,8-9H;/q2*-1;. The van der Waals surface area contributed by atoms with Gasteiger partial charge in [0, 0.05) is 47.3 Å². The van der Waals surface area contributed by atoms with Crippen LogP contribution in [0.15, 0.2) is 188 Å². The van der Waals surface area contributed by atoms with E-state index in [2.05, 4.69) is 161 Å². The van der Waals surface area contributed by atoms with Crippen LogP contribution in [0.25, 0.3) is 102 Å². The number of aromatic nitrogens is 3. The Kier molecular flexibility index (Phi) is 8.92. The molecule has 1 radical (unpaired) electrons. The fraction of sp³-hybridized carbons (Fsp3) is 0. The Hall–Kier alpha value is -6.49. The van der Waals surface area contributed by atoms with E-state index in [4.69, 9.17) is 4.98 Å². The van der Waals surface area contributed by atoms with E-state index in [0.717, 1.165) is 39.2 Å². The molecular formula is C52H31IrN3S-2. The molecule has 0 N–H and O–H groups in total. The van der Waals surface area contributed by atoms with Gasteiger partial charge in [-0.05, 0) is 78.4 Å². The van der Waals surface area contributed by atoms with E-state index in [0.29, 0.717) is 0 Å². The number of rotatable bonds is 2. The summed E-state index contributed by atoms with van der Waals surface area (Å²) >= 11 is 1.84.